The van der Waals surface area contributed by atoms with E-state index in [2.05, 4.69) is 32.3 Å². The summed E-state index contributed by atoms with van der Waals surface area (Å²) < 4.78 is 0.475. The number of thioether (sulfide) groups is 1. The van der Waals surface area contributed by atoms with Gasteiger partial charge in [0.25, 0.3) is 0 Å². The lowest BCUT2D eigenvalue weighted by atomic mass is 10.0. The lowest BCUT2D eigenvalue weighted by Gasteiger charge is -2.31. The van der Waals surface area contributed by atoms with Gasteiger partial charge in [0.05, 0.1) is 0 Å². The van der Waals surface area contributed by atoms with Crippen molar-refractivity contribution >= 4 is 11.8 Å². The van der Waals surface area contributed by atoms with E-state index in [-0.39, 0.29) is 0 Å². The Morgan fingerprint density at radius 3 is 2.29 bits per heavy atom. The third kappa shape index (κ3) is 3.16. The van der Waals surface area contributed by atoms with Crippen LogP contribution in [0.2, 0.25) is 0 Å². The molecule has 1 aliphatic rings. The minimum absolute atomic E-state index is 0.475. The first-order valence-electron chi connectivity index (χ1n) is 5.96. The third-order valence-corrected chi connectivity index (χ3v) is 5.38. The molecule has 14 heavy (non-hydrogen) atoms. The molecule has 0 aromatic heterocycles. The third-order valence-electron chi connectivity index (χ3n) is 3.80. The molecule has 0 spiro atoms. The molecule has 1 unspecified atom stereocenters. The Hall–Kier alpha value is 0.310. The Morgan fingerprint density at radius 1 is 1.36 bits per heavy atom. The maximum Gasteiger partial charge on any atom is 0.0276 e. The quantitative estimate of drug-likeness (QED) is 0.699. The molecule has 0 heterocycles. The molecule has 0 aromatic rings. The van der Waals surface area contributed by atoms with Gasteiger partial charge >= 0.3 is 0 Å². The predicted octanol–water partition coefficient (Wildman–Crippen LogP) is 3.30. The van der Waals surface area contributed by atoms with Crippen molar-refractivity contribution < 1.29 is 0 Å². The average Bonchev–Trinajstić information content (AvgIpc) is 3.04. The molecule has 0 bridgehead atoms. The lowest BCUT2D eigenvalue weighted by molar-refractivity contribution is 0.429. The molecule has 0 amide bonds. The van der Waals surface area contributed by atoms with Crippen molar-refractivity contribution in [2.75, 3.05) is 12.8 Å². The van der Waals surface area contributed by atoms with Crippen LogP contribution < -0.4 is 5.32 Å². The van der Waals surface area contributed by atoms with Crippen molar-refractivity contribution in [3.8, 4) is 0 Å². The Labute approximate surface area is 93.4 Å². The molecule has 0 radical (unpaired) electrons. The number of hydrogen-bond acceptors (Lipinski definition) is 2. The van der Waals surface area contributed by atoms with Gasteiger partial charge in [-0.05, 0) is 44.8 Å². The monoisotopic (exact) mass is 215 g/mol. The first-order chi connectivity index (χ1) is 6.67. The van der Waals surface area contributed by atoms with E-state index in [4.69, 9.17) is 0 Å². The average molecular weight is 215 g/mol. The summed E-state index contributed by atoms with van der Waals surface area (Å²) in [6.07, 6.45) is 7.68. The highest BCUT2D eigenvalue weighted by atomic mass is 32.2. The van der Waals surface area contributed by atoms with Crippen LogP contribution in [0.3, 0.4) is 0 Å². The second-order valence-electron chi connectivity index (χ2n) is 4.60. The second kappa shape index (κ2) is 5.41. The fraction of sp³-hybridized carbons (Fsp3) is 1.00. The number of nitrogens with one attached hydrogen (secondary N) is 1. The summed E-state index contributed by atoms with van der Waals surface area (Å²) in [4.78, 5) is 0. The Bertz CT molecular complexity index is 153. The van der Waals surface area contributed by atoms with E-state index in [9.17, 15) is 0 Å². The SMILES string of the molecule is CCC(CC)(CNC(C)C1CC1)SC. The molecule has 1 fully saturated rings. The van der Waals surface area contributed by atoms with Crippen LogP contribution >= 0.6 is 11.8 Å². The summed E-state index contributed by atoms with van der Waals surface area (Å²) in [7, 11) is 0. The molecule has 0 aliphatic heterocycles. The highest BCUT2D eigenvalue weighted by Gasteiger charge is 2.30. The van der Waals surface area contributed by atoms with Crippen LogP contribution in [0.25, 0.3) is 0 Å². The van der Waals surface area contributed by atoms with Gasteiger partial charge in [-0.15, -0.1) is 0 Å². The molecule has 1 aliphatic carbocycles. The summed E-state index contributed by atoms with van der Waals surface area (Å²) in [5.41, 5.74) is 0. The highest BCUT2D eigenvalue weighted by Crippen LogP contribution is 2.34. The van der Waals surface area contributed by atoms with Gasteiger partial charge in [-0.1, -0.05) is 13.8 Å². The van der Waals surface area contributed by atoms with Gasteiger partial charge in [0.2, 0.25) is 0 Å². The highest BCUT2D eigenvalue weighted by molar-refractivity contribution is 8.00. The van der Waals surface area contributed by atoms with Crippen molar-refractivity contribution in [3.63, 3.8) is 0 Å². The van der Waals surface area contributed by atoms with Crippen molar-refractivity contribution in [1.29, 1.82) is 0 Å². The van der Waals surface area contributed by atoms with Gasteiger partial charge in [0.15, 0.2) is 0 Å². The van der Waals surface area contributed by atoms with Gasteiger partial charge in [-0.25, -0.2) is 0 Å². The maximum atomic E-state index is 3.72. The van der Waals surface area contributed by atoms with Crippen LogP contribution in [0.15, 0.2) is 0 Å². The summed E-state index contributed by atoms with van der Waals surface area (Å²) in [6.45, 7) is 8.14. The summed E-state index contributed by atoms with van der Waals surface area (Å²) in [5.74, 6) is 0.975. The van der Waals surface area contributed by atoms with Gasteiger partial charge in [0, 0.05) is 17.3 Å². The summed E-state index contributed by atoms with van der Waals surface area (Å²) >= 11 is 2.03. The van der Waals surface area contributed by atoms with Crippen molar-refractivity contribution in [2.45, 2.75) is 57.2 Å². The summed E-state index contributed by atoms with van der Waals surface area (Å²) in [5, 5.41) is 3.72. The zero-order valence-corrected chi connectivity index (χ0v) is 10.9. The van der Waals surface area contributed by atoms with Crippen LogP contribution in [-0.2, 0) is 0 Å². The fourth-order valence-corrected chi connectivity index (χ4v) is 2.78. The van der Waals surface area contributed by atoms with Crippen molar-refractivity contribution in [1.82, 2.24) is 5.32 Å². The van der Waals surface area contributed by atoms with E-state index in [1.54, 1.807) is 0 Å². The van der Waals surface area contributed by atoms with E-state index in [1.807, 2.05) is 11.8 Å². The molecule has 1 rings (SSSR count). The smallest absolute Gasteiger partial charge is 0.0276 e. The van der Waals surface area contributed by atoms with E-state index in [0.717, 1.165) is 12.0 Å². The van der Waals surface area contributed by atoms with E-state index in [0.29, 0.717) is 4.75 Å². The molecule has 1 atom stereocenters. The molecular weight excluding hydrogens is 190 g/mol. The van der Waals surface area contributed by atoms with Crippen LogP contribution in [0.1, 0.15) is 46.5 Å². The standard InChI is InChI=1S/C12H25NS/c1-5-12(6-2,14-4)9-13-10(3)11-7-8-11/h10-11,13H,5-9H2,1-4H3. The second-order valence-corrected chi connectivity index (χ2v) is 5.88. The first kappa shape index (κ1) is 12.4. The normalized spacial score (nSPS) is 19.7. The lowest BCUT2D eigenvalue weighted by Crippen LogP contribution is -2.41. The van der Waals surface area contributed by atoms with Gasteiger partial charge < -0.3 is 5.32 Å². The van der Waals surface area contributed by atoms with Gasteiger partial charge in [0.1, 0.15) is 0 Å². The van der Waals surface area contributed by atoms with Crippen LogP contribution in [0.5, 0.6) is 0 Å². The molecular formula is C12H25NS. The summed E-state index contributed by atoms with van der Waals surface area (Å²) in [6, 6.07) is 0.736. The molecule has 1 nitrogen and oxygen atoms in total. The van der Waals surface area contributed by atoms with Crippen LogP contribution in [0.4, 0.5) is 0 Å². The van der Waals surface area contributed by atoms with Gasteiger partial charge in [-0.3, -0.25) is 0 Å². The van der Waals surface area contributed by atoms with Gasteiger partial charge in [-0.2, -0.15) is 11.8 Å². The fourth-order valence-electron chi connectivity index (χ4n) is 1.97. The zero-order valence-electron chi connectivity index (χ0n) is 10.1. The molecule has 1 saturated carbocycles. The Balaban J connectivity index is 2.31. The molecule has 84 valence electrons. The van der Waals surface area contributed by atoms with E-state index in [1.165, 1.54) is 32.2 Å². The van der Waals surface area contributed by atoms with Crippen LogP contribution in [-0.4, -0.2) is 23.6 Å². The van der Waals surface area contributed by atoms with Crippen LogP contribution in [0, 0.1) is 5.92 Å². The van der Waals surface area contributed by atoms with E-state index < -0.39 is 0 Å². The number of hydrogen-bond donors (Lipinski definition) is 1. The Morgan fingerprint density at radius 2 is 1.93 bits per heavy atom. The predicted molar refractivity (Wildman–Crippen MR) is 67.0 cm³/mol. The van der Waals surface area contributed by atoms with E-state index >= 15 is 0 Å². The largest absolute Gasteiger partial charge is 0.313 e. The van der Waals surface area contributed by atoms with Crippen molar-refractivity contribution in [2.24, 2.45) is 5.92 Å². The van der Waals surface area contributed by atoms with Crippen molar-refractivity contribution in [3.05, 3.63) is 0 Å². The molecule has 0 aromatic carbocycles. The zero-order chi connectivity index (χ0) is 10.6. The maximum absolute atomic E-state index is 3.72. The molecule has 0 saturated heterocycles. The minimum atomic E-state index is 0.475. The minimum Gasteiger partial charge on any atom is -0.313 e. The Kier molecular flexibility index (Phi) is 4.78. The molecule has 1 N–H and O–H groups in total. The molecule has 2 heteroatoms. The first-order valence-corrected chi connectivity index (χ1v) is 7.18. The topological polar surface area (TPSA) is 12.0 Å². The number of rotatable bonds is 7.